The monoisotopic (exact) mass is 412 g/mol. The SMILES string of the molecule is Cc1cnc(COCc2ncc(C)c(Br)c2C)c(C)c1Br. The summed E-state index contributed by atoms with van der Waals surface area (Å²) < 4.78 is 7.99. The van der Waals surface area contributed by atoms with Crippen LogP contribution in [-0.2, 0) is 18.0 Å². The van der Waals surface area contributed by atoms with E-state index in [4.69, 9.17) is 4.74 Å². The highest BCUT2D eigenvalue weighted by Gasteiger charge is 2.09. The Morgan fingerprint density at radius 2 is 1.19 bits per heavy atom. The summed E-state index contributed by atoms with van der Waals surface area (Å²) >= 11 is 7.16. The minimum Gasteiger partial charge on any atom is -0.369 e. The smallest absolute Gasteiger partial charge is 0.0896 e. The van der Waals surface area contributed by atoms with Crippen LogP contribution in [-0.4, -0.2) is 9.97 Å². The Balaban J connectivity index is 2.06. The average Bonchev–Trinajstić information content (AvgIpc) is 2.47. The lowest BCUT2D eigenvalue weighted by Crippen LogP contribution is -2.04. The highest BCUT2D eigenvalue weighted by molar-refractivity contribution is 9.10. The third kappa shape index (κ3) is 3.71. The van der Waals surface area contributed by atoms with E-state index in [9.17, 15) is 0 Å². The van der Waals surface area contributed by atoms with Crippen molar-refractivity contribution in [1.29, 1.82) is 0 Å². The van der Waals surface area contributed by atoms with Crippen LogP contribution < -0.4 is 0 Å². The second-order valence-electron chi connectivity index (χ2n) is 5.15. The third-order valence-electron chi connectivity index (χ3n) is 3.52. The molecule has 0 N–H and O–H groups in total. The molecule has 2 aromatic heterocycles. The highest BCUT2D eigenvalue weighted by Crippen LogP contribution is 2.24. The minimum atomic E-state index is 0.483. The van der Waals surface area contributed by atoms with E-state index >= 15 is 0 Å². The van der Waals surface area contributed by atoms with E-state index in [1.54, 1.807) is 0 Å². The first kappa shape index (κ1) is 16.6. The summed E-state index contributed by atoms with van der Waals surface area (Å²) in [5.74, 6) is 0. The number of hydrogen-bond donors (Lipinski definition) is 0. The highest BCUT2D eigenvalue weighted by atomic mass is 79.9. The van der Waals surface area contributed by atoms with Gasteiger partial charge in [0.05, 0.1) is 24.6 Å². The van der Waals surface area contributed by atoms with Crippen LogP contribution >= 0.6 is 31.9 Å². The van der Waals surface area contributed by atoms with Gasteiger partial charge >= 0.3 is 0 Å². The fraction of sp³-hybridized carbons (Fsp3) is 0.375. The van der Waals surface area contributed by atoms with E-state index in [-0.39, 0.29) is 0 Å². The van der Waals surface area contributed by atoms with Gasteiger partial charge in [-0.05, 0) is 49.9 Å². The number of pyridine rings is 2. The Morgan fingerprint density at radius 3 is 1.57 bits per heavy atom. The fourth-order valence-corrected chi connectivity index (χ4v) is 2.70. The van der Waals surface area contributed by atoms with Gasteiger partial charge in [-0.15, -0.1) is 0 Å². The topological polar surface area (TPSA) is 35.0 Å². The van der Waals surface area contributed by atoms with Crippen LogP contribution in [0.5, 0.6) is 0 Å². The van der Waals surface area contributed by atoms with Crippen molar-refractivity contribution >= 4 is 31.9 Å². The number of ether oxygens (including phenoxy) is 1. The first-order valence-electron chi connectivity index (χ1n) is 6.70. The molecule has 2 heterocycles. The molecule has 0 bridgehead atoms. The van der Waals surface area contributed by atoms with Gasteiger partial charge in [0.2, 0.25) is 0 Å². The van der Waals surface area contributed by atoms with Gasteiger partial charge in [0, 0.05) is 21.3 Å². The zero-order valence-electron chi connectivity index (χ0n) is 12.6. The molecule has 0 aliphatic rings. The maximum atomic E-state index is 5.79. The Morgan fingerprint density at radius 1 is 0.810 bits per heavy atom. The Kier molecular flexibility index (Phi) is 5.52. The summed E-state index contributed by atoms with van der Waals surface area (Å²) in [4.78, 5) is 8.88. The van der Waals surface area contributed by atoms with Gasteiger partial charge in [-0.2, -0.15) is 0 Å². The van der Waals surface area contributed by atoms with Crippen molar-refractivity contribution in [3.05, 3.63) is 55.0 Å². The van der Waals surface area contributed by atoms with Gasteiger partial charge in [-0.1, -0.05) is 31.9 Å². The molecular weight excluding hydrogens is 396 g/mol. The molecule has 0 amide bonds. The summed E-state index contributed by atoms with van der Waals surface area (Å²) in [5.41, 5.74) is 6.44. The van der Waals surface area contributed by atoms with E-state index in [2.05, 4.69) is 55.7 Å². The standard InChI is InChI=1S/C16H18Br2N2O/c1-9-5-19-13(11(3)15(9)17)7-21-8-14-12(4)16(18)10(2)6-20-14/h5-6H,7-8H2,1-4H3. The number of aromatic nitrogens is 2. The quantitative estimate of drug-likeness (QED) is 0.710. The van der Waals surface area contributed by atoms with E-state index < -0.39 is 0 Å². The predicted octanol–water partition coefficient (Wildman–Crippen LogP) is 4.95. The van der Waals surface area contributed by atoms with Crippen molar-refractivity contribution in [2.24, 2.45) is 0 Å². The number of nitrogens with zero attached hydrogens (tertiary/aromatic N) is 2. The molecule has 0 saturated heterocycles. The fourth-order valence-electron chi connectivity index (χ4n) is 2.04. The van der Waals surface area contributed by atoms with Gasteiger partial charge in [-0.3, -0.25) is 9.97 Å². The van der Waals surface area contributed by atoms with E-state index in [0.717, 1.165) is 42.6 Å². The molecule has 112 valence electrons. The van der Waals surface area contributed by atoms with E-state index in [0.29, 0.717) is 13.2 Å². The first-order chi connectivity index (χ1) is 9.91. The summed E-state index contributed by atoms with van der Waals surface area (Å²) in [6.07, 6.45) is 3.73. The zero-order chi connectivity index (χ0) is 15.6. The molecule has 5 heteroatoms. The Hall–Kier alpha value is -0.780. The van der Waals surface area contributed by atoms with Crippen LogP contribution in [0, 0.1) is 27.7 Å². The summed E-state index contributed by atoms with van der Waals surface area (Å²) in [6.45, 7) is 9.13. The normalized spacial score (nSPS) is 11.0. The van der Waals surface area contributed by atoms with Gasteiger partial charge in [0.15, 0.2) is 0 Å². The Bertz CT molecular complexity index is 614. The number of hydrogen-bond acceptors (Lipinski definition) is 3. The van der Waals surface area contributed by atoms with Crippen molar-refractivity contribution in [3.63, 3.8) is 0 Å². The molecule has 0 fully saturated rings. The average molecular weight is 414 g/mol. The molecule has 0 atom stereocenters. The van der Waals surface area contributed by atoms with E-state index in [1.165, 1.54) is 0 Å². The predicted molar refractivity (Wildman–Crippen MR) is 91.3 cm³/mol. The van der Waals surface area contributed by atoms with Crippen LogP contribution in [0.2, 0.25) is 0 Å². The lowest BCUT2D eigenvalue weighted by molar-refractivity contribution is 0.101. The number of halogens is 2. The van der Waals surface area contributed by atoms with Crippen molar-refractivity contribution < 1.29 is 4.74 Å². The third-order valence-corrected chi connectivity index (χ3v) is 5.96. The minimum absolute atomic E-state index is 0.483. The van der Waals surface area contributed by atoms with Crippen molar-refractivity contribution in [2.75, 3.05) is 0 Å². The van der Waals surface area contributed by atoms with Gasteiger partial charge in [0.1, 0.15) is 0 Å². The summed E-state index contributed by atoms with van der Waals surface area (Å²) in [5, 5.41) is 0. The molecule has 2 rings (SSSR count). The largest absolute Gasteiger partial charge is 0.369 e. The second-order valence-corrected chi connectivity index (χ2v) is 6.73. The maximum absolute atomic E-state index is 5.79. The van der Waals surface area contributed by atoms with Crippen LogP contribution in [0.25, 0.3) is 0 Å². The molecule has 0 radical (unpaired) electrons. The zero-order valence-corrected chi connectivity index (χ0v) is 15.8. The number of aryl methyl sites for hydroxylation is 2. The van der Waals surface area contributed by atoms with Gasteiger partial charge < -0.3 is 4.74 Å². The molecular formula is C16H18Br2N2O. The van der Waals surface area contributed by atoms with Crippen LogP contribution in [0.3, 0.4) is 0 Å². The molecule has 0 spiro atoms. The molecule has 0 saturated carbocycles. The Labute approximate surface area is 142 Å². The molecule has 21 heavy (non-hydrogen) atoms. The van der Waals surface area contributed by atoms with Gasteiger partial charge in [-0.25, -0.2) is 0 Å². The van der Waals surface area contributed by atoms with E-state index in [1.807, 2.05) is 26.2 Å². The maximum Gasteiger partial charge on any atom is 0.0896 e. The van der Waals surface area contributed by atoms with Gasteiger partial charge in [0.25, 0.3) is 0 Å². The number of rotatable bonds is 4. The first-order valence-corrected chi connectivity index (χ1v) is 8.29. The van der Waals surface area contributed by atoms with Crippen LogP contribution in [0.1, 0.15) is 33.6 Å². The molecule has 0 unspecified atom stereocenters. The second kappa shape index (κ2) is 6.99. The van der Waals surface area contributed by atoms with Crippen LogP contribution in [0.15, 0.2) is 21.3 Å². The summed E-state index contributed by atoms with van der Waals surface area (Å²) in [7, 11) is 0. The molecule has 0 aliphatic carbocycles. The summed E-state index contributed by atoms with van der Waals surface area (Å²) in [6, 6.07) is 0. The molecule has 3 nitrogen and oxygen atoms in total. The van der Waals surface area contributed by atoms with Crippen LogP contribution in [0.4, 0.5) is 0 Å². The molecule has 0 aromatic carbocycles. The van der Waals surface area contributed by atoms with Crippen molar-refractivity contribution in [3.8, 4) is 0 Å². The molecule has 2 aromatic rings. The lowest BCUT2D eigenvalue weighted by Gasteiger charge is -2.11. The van der Waals surface area contributed by atoms with Crippen molar-refractivity contribution in [2.45, 2.75) is 40.9 Å². The van der Waals surface area contributed by atoms with Crippen molar-refractivity contribution in [1.82, 2.24) is 9.97 Å². The lowest BCUT2D eigenvalue weighted by atomic mass is 10.1. The molecule has 0 aliphatic heterocycles.